The van der Waals surface area contributed by atoms with E-state index in [1.54, 1.807) is 11.3 Å². The van der Waals surface area contributed by atoms with E-state index in [9.17, 15) is 9.90 Å². The number of nitrogens with one attached hydrogen (secondary N) is 1. The topological polar surface area (TPSA) is 66.6 Å². The summed E-state index contributed by atoms with van der Waals surface area (Å²) < 4.78 is 1.91. The van der Waals surface area contributed by atoms with Crippen LogP contribution in [0.4, 0.5) is 0 Å². The molecule has 0 bridgehead atoms. The second kappa shape index (κ2) is 6.07. The van der Waals surface area contributed by atoms with Crippen molar-refractivity contribution < 1.29 is 9.90 Å². The smallest absolute Gasteiger partial charge is 0.226 e. The zero-order chi connectivity index (χ0) is 14.7. The van der Waals surface area contributed by atoms with Gasteiger partial charge >= 0.3 is 0 Å². The Morgan fingerprint density at radius 1 is 1.33 bits per heavy atom. The Bertz CT molecular complexity index is 734. The van der Waals surface area contributed by atoms with Crippen molar-refractivity contribution in [2.75, 3.05) is 0 Å². The van der Waals surface area contributed by atoms with Crippen LogP contribution in [0.5, 0.6) is 0 Å². The fourth-order valence-electron chi connectivity index (χ4n) is 2.17. The molecule has 0 saturated heterocycles. The number of aliphatic hydroxyl groups is 1. The number of rotatable bonds is 5. The Hall–Kier alpha value is -2.18. The van der Waals surface area contributed by atoms with Crippen LogP contribution in [0.2, 0.25) is 0 Å². The van der Waals surface area contributed by atoms with Gasteiger partial charge in [0, 0.05) is 24.3 Å². The zero-order valence-corrected chi connectivity index (χ0v) is 12.1. The number of carbonyl (C=O) groups excluding carboxylic acids is 1. The van der Waals surface area contributed by atoms with Gasteiger partial charge in [-0.3, -0.25) is 9.20 Å². The summed E-state index contributed by atoms with van der Waals surface area (Å²) in [5.74, 6) is -0.0755. The molecule has 0 saturated carbocycles. The molecule has 1 amide bonds. The van der Waals surface area contributed by atoms with Gasteiger partial charge in [-0.05, 0) is 11.1 Å². The highest BCUT2D eigenvalue weighted by Crippen LogP contribution is 2.12. The highest BCUT2D eigenvalue weighted by molar-refractivity contribution is 7.15. The molecule has 2 aromatic heterocycles. The number of hydrogen-bond acceptors (Lipinski definition) is 4. The fraction of sp³-hybridized carbons (Fsp3) is 0.200. The molecule has 0 radical (unpaired) electrons. The molecule has 0 aliphatic rings. The number of fused-ring (bicyclic) bond motifs is 1. The van der Waals surface area contributed by atoms with Gasteiger partial charge in [0.15, 0.2) is 4.96 Å². The first-order chi connectivity index (χ1) is 10.3. The van der Waals surface area contributed by atoms with E-state index in [0.717, 1.165) is 21.8 Å². The van der Waals surface area contributed by atoms with Gasteiger partial charge in [-0.25, -0.2) is 4.98 Å². The standard InChI is InChI=1S/C15H15N3O2S/c19-10-12-4-2-1-3-11(12)8-16-14(20)7-13-9-18-5-6-21-15(18)17-13/h1-6,9,19H,7-8,10H2,(H,16,20). The maximum atomic E-state index is 12.0. The third kappa shape index (κ3) is 3.12. The molecule has 2 heterocycles. The quantitative estimate of drug-likeness (QED) is 0.754. The van der Waals surface area contributed by atoms with Crippen LogP contribution >= 0.6 is 11.3 Å². The lowest BCUT2D eigenvalue weighted by Crippen LogP contribution is -2.25. The van der Waals surface area contributed by atoms with E-state index >= 15 is 0 Å². The summed E-state index contributed by atoms with van der Waals surface area (Å²) >= 11 is 1.54. The predicted octanol–water partition coefficient (Wildman–Crippen LogP) is 1.75. The van der Waals surface area contributed by atoms with Crippen LogP contribution in [0.15, 0.2) is 42.0 Å². The molecule has 0 fully saturated rings. The Morgan fingerprint density at radius 2 is 2.14 bits per heavy atom. The first kappa shape index (κ1) is 13.8. The number of nitrogens with zero attached hydrogens (tertiary/aromatic N) is 2. The number of amides is 1. The van der Waals surface area contributed by atoms with Crippen LogP contribution in [0.1, 0.15) is 16.8 Å². The average molecular weight is 301 g/mol. The van der Waals surface area contributed by atoms with Crippen molar-refractivity contribution in [3.63, 3.8) is 0 Å². The van der Waals surface area contributed by atoms with Crippen molar-refractivity contribution in [1.82, 2.24) is 14.7 Å². The van der Waals surface area contributed by atoms with Crippen LogP contribution in [0.3, 0.4) is 0 Å². The Labute approximate surface area is 125 Å². The summed E-state index contributed by atoms with van der Waals surface area (Å²) in [6.07, 6.45) is 4.05. The molecule has 0 unspecified atom stereocenters. The summed E-state index contributed by atoms with van der Waals surface area (Å²) in [7, 11) is 0. The van der Waals surface area contributed by atoms with Crippen molar-refractivity contribution >= 4 is 22.2 Å². The maximum Gasteiger partial charge on any atom is 0.226 e. The van der Waals surface area contributed by atoms with Crippen LogP contribution in [-0.2, 0) is 24.4 Å². The lowest BCUT2D eigenvalue weighted by molar-refractivity contribution is -0.120. The number of aromatic nitrogens is 2. The lowest BCUT2D eigenvalue weighted by atomic mass is 10.1. The van der Waals surface area contributed by atoms with Gasteiger partial charge in [-0.1, -0.05) is 24.3 Å². The number of aliphatic hydroxyl groups excluding tert-OH is 1. The van der Waals surface area contributed by atoms with E-state index < -0.39 is 0 Å². The molecule has 108 valence electrons. The summed E-state index contributed by atoms with van der Waals surface area (Å²) in [6, 6.07) is 7.52. The van der Waals surface area contributed by atoms with Gasteiger partial charge < -0.3 is 10.4 Å². The molecular formula is C15H15N3O2S. The second-order valence-corrected chi connectivity index (χ2v) is 5.58. The van der Waals surface area contributed by atoms with Crippen LogP contribution < -0.4 is 5.32 Å². The minimum atomic E-state index is -0.0755. The molecule has 0 aliphatic carbocycles. The second-order valence-electron chi connectivity index (χ2n) is 4.71. The van der Waals surface area contributed by atoms with Gasteiger partial charge in [0.25, 0.3) is 0 Å². The fourth-order valence-corrected chi connectivity index (χ4v) is 2.89. The van der Waals surface area contributed by atoms with E-state index in [0.29, 0.717) is 6.54 Å². The van der Waals surface area contributed by atoms with E-state index in [4.69, 9.17) is 0 Å². The Kier molecular flexibility index (Phi) is 3.98. The first-order valence-corrected chi connectivity index (χ1v) is 7.49. The number of imidazole rings is 1. The summed E-state index contributed by atoms with van der Waals surface area (Å²) in [5.41, 5.74) is 2.52. The third-order valence-electron chi connectivity index (χ3n) is 3.25. The van der Waals surface area contributed by atoms with Crippen LogP contribution in [0.25, 0.3) is 4.96 Å². The van der Waals surface area contributed by atoms with Crippen LogP contribution in [0, 0.1) is 0 Å². The third-order valence-corrected chi connectivity index (χ3v) is 4.02. The highest BCUT2D eigenvalue weighted by atomic mass is 32.1. The van der Waals surface area contributed by atoms with E-state index in [-0.39, 0.29) is 18.9 Å². The first-order valence-electron chi connectivity index (χ1n) is 6.61. The van der Waals surface area contributed by atoms with Gasteiger partial charge in [0.05, 0.1) is 18.7 Å². The predicted molar refractivity (Wildman–Crippen MR) is 81.0 cm³/mol. The van der Waals surface area contributed by atoms with Crippen molar-refractivity contribution in [2.24, 2.45) is 0 Å². The SMILES string of the molecule is O=C(Cc1cn2ccsc2n1)NCc1ccccc1CO. The number of benzene rings is 1. The zero-order valence-electron chi connectivity index (χ0n) is 11.3. The van der Waals surface area contributed by atoms with Gasteiger partial charge in [-0.15, -0.1) is 11.3 Å². The molecule has 3 rings (SSSR count). The lowest BCUT2D eigenvalue weighted by Gasteiger charge is -2.08. The van der Waals surface area contributed by atoms with Crippen LogP contribution in [-0.4, -0.2) is 20.4 Å². The molecule has 1 aromatic carbocycles. The summed E-state index contributed by atoms with van der Waals surface area (Å²) in [5, 5.41) is 14.1. The monoisotopic (exact) mass is 301 g/mol. The molecule has 6 heteroatoms. The number of carbonyl (C=O) groups is 1. The van der Waals surface area contributed by atoms with Crippen molar-refractivity contribution in [2.45, 2.75) is 19.6 Å². The molecule has 0 aliphatic heterocycles. The summed E-state index contributed by atoms with van der Waals surface area (Å²) in [4.78, 5) is 17.2. The van der Waals surface area contributed by atoms with E-state index in [1.807, 2.05) is 46.4 Å². The molecule has 21 heavy (non-hydrogen) atoms. The van der Waals surface area contributed by atoms with Gasteiger partial charge in [0.1, 0.15) is 0 Å². The van der Waals surface area contributed by atoms with Crippen molar-refractivity contribution in [3.8, 4) is 0 Å². The largest absolute Gasteiger partial charge is 0.392 e. The normalized spacial score (nSPS) is 10.9. The highest BCUT2D eigenvalue weighted by Gasteiger charge is 2.09. The van der Waals surface area contributed by atoms with E-state index in [2.05, 4.69) is 10.3 Å². The molecule has 0 atom stereocenters. The molecule has 5 nitrogen and oxygen atoms in total. The number of hydrogen-bond donors (Lipinski definition) is 2. The van der Waals surface area contributed by atoms with Gasteiger partial charge in [-0.2, -0.15) is 0 Å². The molecule has 3 aromatic rings. The van der Waals surface area contributed by atoms with Crippen molar-refractivity contribution in [1.29, 1.82) is 0 Å². The average Bonchev–Trinajstić information content (AvgIpc) is 3.06. The van der Waals surface area contributed by atoms with E-state index in [1.165, 1.54) is 0 Å². The molecule has 0 spiro atoms. The number of thiazole rings is 1. The molecule has 2 N–H and O–H groups in total. The minimum Gasteiger partial charge on any atom is -0.392 e. The maximum absolute atomic E-state index is 12.0. The minimum absolute atomic E-state index is 0.0244. The van der Waals surface area contributed by atoms with Crippen molar-refractivity contribution in [3.05, 3.63) is 58.9 Å². The Balaban J connectivity index is 1.60. The van der Waals surface area contributed by atoms with Gasteiger partial charge in [0.2, 0.25) is 5.91 Å². The molecular weight excluding hydrogens is 286 g/mol. The summed E-state index contributed by atoms with van der Waals surface area (Å²) in [6.45, 7) is 0.390. The Morgan fingerprint density at radius 3 is 2.90 bits per heavy atom.